The van der Waals surface area contributed by atoms with Crippen molar-refractivity contribution >= 4 is 21.6 Å². The number of rotatable bonds is 6. The lowest BCUT2D eigenvalue weighted by Crippen LogP contribution is -1.77. The minimum atomic E-state index is 0. The highest BCUT2D eigenvalue weighted by Gasteiger charge is 1.86. The molecule has 2 heteroatoms. The Morgan fingerprint density at radius 3 is 2.30 bits per heavy atom. The Kier molecular flexibility index (Phi) is 16.5. The van der Waals surface area contributed by atoms with Crippen LogP contribution in [0.25, 0.3) is 0 Å². The Labute approximate surface area is 73.9 Å². The van der Waals surface area contributed by atoms with E-state index in [4.69, 9.17) is 0 Å². The average Bonchev–Trinajstić information content (AvgIpc) is 1.89. The number of hydrogen-bond donors (Lipinski definition) is 0. The minimum Gasteiger partial charge on any atom is -0.0976 e. The van der Waals surface area contributed by atoms with Gasteiger partial charge in [0.15, 0.2) is 0 Å². The van der Waals surface area contributed by atoms with E-state index in [0.29, 0.717) is 0 Å². The summed E-state index contributed by atoms with van der Waals surface area (Å²) in [5, 5.41) is 0. The van der Waals surface area contributed by atoms with E-state index in [1.807, 2.05) is 21.6 Å². The monoisotopic (exact) mass is 180 g/mol. The highest BCUT2D eigenvalue weighted by atomic mass is 33.1. The molecule has 0 saturated carbocycles. The van der Waals surface area contributed by atoms with Crippen molar-refractivity contribution in [2.45, 2.75) is 40.0 Å². The molecule has 0 saturated heterocycles. The van der Waals surface area contributed by atoms with E-state index in [-0.39, 0.29) is 7.43 Å². The molecule has 0 aromatic carbocycles. The molecule has 64 valence electrons. The molecule has 0 unspecified atom stereocenters. The Balaban J connectivity index is 0. The van der Waals surface area contributed by atoms with Crippen molar-refractivity contribution in [2.24, 2.45) is 0 Å². The van der Waals surface area contributed by atoms with E-state index >= 15 is 0 Å². The van der Waals surface area contributed by atoms with Crippen LogP contribution in [0.1, 0.15) is 40.0 Å². The summed E-state index contributed by atoms with van der Waals surface area (Å²) in [6, 6.07) is 0. The topological polar surface area (TPSA) is 0 Å². The van der Waals surface area contributed by atoms with Crippen molar-refractivity contribution in [3.05, 3.63) is 0 Å². The fourth-order valence-corrected chi connectivity index (χ4v) is 2.01. The molecule has 0 amide bonds. The second kappa shape index (κ2) is 12.4. The highest BCUT2D eigenvalue weighted by molar-refractivity contribution is 8.76. The second-order valence-corrected chi connectivity index (χ2v) is 4.73. The van der Waals surface area contributed by atoms with Crippen molar-refractivity contribution in [3.63, 3.8) is 0 Å². The van der Waals surface area contributed by atoms with Crippen LogP contribution in [0.5, 0.6) is 0 Å². The molecule has 0 aliphatic carbocycles. The van der Waals surface area contributed by atoms with Gasteiger partial charge in [0.2, 0.25) is 0 Å². The normalized spacial score (nSPS) is 9.00. The fourth-order valence-electron chi connectivity index (χ4n) is 0.671. The van der Waals surface area contributed by atoms with Crippen LogP contribution in [-0.4, -0.2) is 12.0 Å². The van der Waals surface area contributed by atoms with E-state index < -0.39 is 0 Å². The third-order valence-electron chi connectivity index (χ3n) is 1.20. The van der Waals surface area contributed by atoms with Gasteiger partial charge >= 0.3 is 0 Å². The lowest BCUT2D eigenvalue weighted by molar-refractivity contribution is 0.707. The zero-order chi connectivity index (χ0) is 6.95. The van der Waals surface area contributed by atoms with Crippen LogP contribution in [0.15, 0.2) is 0 Å². The molecular formula is C8H20S2. The van der Waals surface area contributed by atoms with Gasteiger partial charge in [0.05, 0.1) is 0 Å². The Morgan fingerprint density at radius 1 is 1.10 bits per heavy atom. The molecule has 0 fully saturated rings. The maximum absolute atomic E-state index is 2.25. The van der Waals surface area contributed by atoms with Crippen LogP contribution in [-0.2, 0) is 0 Å². The summed E-state index contributed by atoms with van der Waals surface area (Å²) in [5.74, 6) is 1.33. The molecule has 0 aliphatic rings. The molecule has 0 bridgehead atoms. The van der Waals surface area contributed by atoms with Crippen molar-refractivity contribution in [1.82, 2.24) is 0 Å². The van der Waals surface area contributed by atoms with Crippen molar-refractivity contribution < 1.29 is 0 Å². The molecule has 0 heterocycles. The summed E-state index contributed by atoms with van der Waals surface area (Å²) < 4.78 is 0. The van der Waals surface area contributed by atoms with E-state index in [1.54, 1.807) is 0 Å². The zero-order valence-electron chi connectivity index (χ0n) is 6.35. The molecular weight excluding hydrogens is 160 g/mol. The molecule has 0 radical (unpaired) electrons. The molecule has 0 nitrogen and oxygen atoms in total. The van der Waals surface area contributed by atoms with Gasteiger partial charge in [-0.2, -0.15) is 0 Å². The number of hydrogen-bond acceptors (Lipinski definition) is 2. The summed E-state index contributed by atoms with van der Waals surface area (Å²) in [4.78, 5) is 0. The van der Waals surface area contributed by atoms with Gasteiger partial charge in [-0.25, -0.2) is 0 Å². The molecule has 0 aliphatic heterocycles. The van der Waals surface area contributed by atoms with Crippen molar-refractivity contribution in [2.75, 3.05) is 12.0 Å². The third-order valence-corrected chi connectivity index (χ3v) is 3.10. The number of unbranched alkanes of at least 4 members (excludes halogenated alkanes) is 3. The van der Waals surface area contributed by atoms with Crippen LogP contribution in [0.3, 0.4) is 0 Å². The quantitative estimate of drug-likeness (QED) is 0.443. The molecule has 0 aromatic heterocycles. The van der Waals surface area contributed by atoms with Crippen LogP contribution in [0.4, 0.5) is 0 Å². The molecule has 0 aromatic rings. The Bertz CT molecular complexity index is 40.5. The van der Waals surface area contributed by atoms with Crippen molar-refractivity contribution in [1.29, 1.82) is 0 Å². The molecule has 0 N–H and O–H groups in total. The molecule has 0 atom stereocenters. The third kappa shape index (κ3) is 11.5. The summed E-state index contributed by atoms with van der Waals surface area (Å²) in [6.45, 7) is 2.25. The first kappa shape index (κ1) is 13.3. The lowest BCUT2D eigenvalue weighted by atomic mass is 10.2. The van der Waals surface area contributed by atoms with E-state index in [9.17, 15) is 0 Å². The van der Waals surface area contributed by atoms with Crippen LogP contribution in [0, 0.1) is 0 Å². The summed E-state index contributed by atoms with van der Waals surface area (Å²) in [5.41, 5.74) is 0. The van der Waals surface area contributed by atoms with Crippen molar-refractivity contribution in [3.8, 4) is 0 Å². The standard InChI is InChI=1S/C7H16S2.CH4/c1-3-4-5-6-7-9-8-2;/h3-7H2,1-2H3;1H4. The predicted octanol–water partition coefficient (Wildman–Crippen LogP) is 4.21. The second-order valence-electron chi connectivity index (χ2n) is 2.05. The highest BCUT2D eigenvalue weighted by Crippen LogP contribution is 2.18. The first-order chi connectivity index (χ1) is 4.41. The predicted molar refractivity (Wildman–Crippen MR) is 56.8 cm³/mol. The van der Waals surface area contributed by atoms with Gasteiger partial charge in [0.25, 0.3) is 0 Å². The molecule has 0 rings (SSSR count). The van der Waals surface area contributed by atoms with Crippen LogP contribution >= 0.6 is 21.6 Å². The van der Waals surface area contributed by atoms with E-state index in [0.717, 1.165) is 0 Å². The van der Waals surface area contributed by atoms with E-state index in [2.05, 4.69) is 13.2 Å². The van der Waals surface area contributed by atoms with Gasteiger partial charge in [-0.1, -0.05) is 55.2 Å². The summed E-state index contributed by atoms with van der Waals surface area (Å²) >= 11 is 0. The van der Waals surface area contributed by atoms with Gasteiger partial charge in [0.1, 0.15) is 0 Å². The van der Waals surface area contributed by atoms with Gasteiger partial charge in [-0.05, 0) is 12.7 Å². The minimum absolute atomic E-state index is 0. The lowest BCUT2D eigenvalue weighted by Gasteiger charge is -1.95. The molecule has 0 spiro atoms. The maximum Gasteiger partial charge on any atom is 0.00368 e. The van der Waals surface area contributed by atoms with Gasteiger partial charge < -0.3 is 0 Å². The maximum atomic E-state index is 2.25. The van der Waals surface area contributed by atoms with Crippen LogP contribution < -0.4 is 0 Å². The van der Waals surface area contributed by atoms with Gasteiger partial charge in [-0.15, -0.1) is 0 Å². The van der Waals surface area contributed by atoms with Gasteiger partial charge in [-0.3, -0.25) is 0 Å². The van der Waals surface area contributed by atoms with E-state index in [1.165, 1.54) is 31.4 Å². The summed E-state index contributed by atoms with van der Waals surface area (Å²) in [6.07, 6.45) is 7.73. The first-order valence-electron chi connectivity index (χ1n) is 3.57. The zero-order valence-corrected chi connectivity index (χ0v) is 7.99. The van der Waals surface area contributed by atoms with Crippen LogP contribution in [0.2, 0.25) is 0 Å². The smallest absolute Gasteiger partial charge is 0.00368 e. The fraction of sp³-hybridized carbons (Fsp3) is 1.00. The first-order valence-corrected chi connectivity index (χ1v) is 6.30. The average molecular weight is 180 g/mol. The Morgan fingerprint density at radius 2 is 1.80 bits per heavy atom. The summed E-state index contributed by atoms with van der Waals surface area (Å²) in [7, 11) is 3.85. The van der Waals surface area contributed by atoms with Gasteiger partial charge in [0, 0.05) is 5.75 Å². The Hall–Kier alpha value is 0.700. The SMILES string of the molecule is C.CCCCCCSSC. The largest absolute Gasteiger partial charge is 0.0976 e. The molecule has 10 heavy (non-hydrogen) atoms.